The van der Waals surface area contributed by atoms with Crippen LogP contribution < -0.4 is 9.47 Å². The zero-order chi connectivity index (χ0) is 24.9. The van der Waals surface area contributed by atoms with Gasteiger partial charge in [0.15, 0.2) is 0 Å². The van der Waals surface area contributed by atoms with Crippen LogP contribution in [0.1, 0.15) is 31.9 Å². The van der Waals surface area contributed by atoms with E-state index in [1.807, 2.05) is 87.5 Å². The van der Waals surface area contributed by atoms with Crippen molar-refractivity contribution in [2.75, 3.05) is 13.4 Å². The van der Waals surface area contributed by atoms with Crippen molar-refractivity contribution in [3.05, 3.63) is 116 Å². The van der Waals surface area contributed by atoms with Crippen molar-refractivity contribution >= 4 is 11.1 Å². The van der Waals surface area contributed by atoms with Gasteiger partial charge >= 0.3 is 19.8 Å². The number of hydrogen-bond acceptors (Lipinski definition) is 4. The Morgan fingerprint density at radius 3 is 1.83 bits per heavy atom. The van der Waals surface area contributed by atoms with E-state index in [-0.39, 0.29) is 26.6 Å². The van der Waals surface area contributed by atoms with Gasteiger partial charge in [0.2, 0.25) is 6.79 Å². The summed E-state index contributed by atoms with van der Waals surface area (Å²) in [5.74, 6) is 1.51. The summed E-state index contributed by atoms with van der Waals surface area (Å²) >= 11 is 0. The van der Waals surface area contributed by atoms with Crippen LogP contribution in [0.4, 0.5) is 0 Å². The second-order valence-corrected chi connectivity index (χ2v) is 7.82. The van der Waals surface area contributed by atoms with Crippen molar-refractivity contribution in [1.82, 2.24) is 0 Å². The average Bonchev–Trinajstić information content (AvgIpc) is 2.84. The Bertz CT molecular complexity index is 1090. The van der Waals surface area contributed by atoms with Gasteiger partial charge in [-0.3, -0.25) is 4.89 Å². The third-order valence-electron chi connectivity index (χ3n) is 4.66. The first-order valence-electron chi connectivity index (χ1n) is 10.8. The molecule has 0 unspecified atom stereocenters. The normalized spacial score (nSPS) is 9.71. The summed E-state index contributed by atoms with van der Waals surface area (Å²) in [6, 6.07) is 24.8. The van der Waals surface area contributed by atoms with Crippen LogP contribution in [0.25, 0.3) is 22.3 Å². The van der Waals surface area contributed by atoms with Crippen LogP contribution in [0, 0.1) is 13.2 Å². The molecule has 0 radical (unpaired) electrons. The summed E-state index contributed by atoms with van der Waals surface area (Å²) in [7, 11) is 2.99. The van der Waals surface area contributed by atoms with Crippen molar-refractivity contribution in [3.63, 3.8) is 0 Å². The van der Waals surface area contributed by atoms with E-state index >= 15 is 0 Å². The monoisotopic (exact) mass is 648 g/mol. The smallest absolute Gasteiger partial charge is 0.458 e. The number of allylic oxidation sites excluding steroid dienone is 2. The molecule has 0 aromatic heterocycles. The molecular formula is C30H32O4Os. The summed E-state index contributed by atoms with van der Waals surface area (Å²) in [5.41, 5.74) is 7.33. The van der Waals surface area contributed by atoms with Gasteiger partial charge in [0, 0.05) is 0 Å². The van der Waals surface area contributed by atoms with Crippen molar-refractivity contribution in [3.8, 4) is 22.6 Å². The van der Waals surface area contributed by atoms with Gasteiger partial charge in [0.1, 0.15) is 11.5 Å². The van der Waals surface area contributed by atoms with Crippen LogP contribution in [0.2, 0.25) is 0 Å². The van der Waals surface area contributed by atoms with Gasteiger partial charge < -0.3 is 14.4 Å². The minimum absolute atomic E-state index is 0. The molecular weight excluding hydrogens is 615 g/mol. The molecule has 0 bridgehead atoms. The first-order chi connectivity index (χ1) is 16.3. The molecule has 0 N–H and O–H groups in total. The fourth-order valence-electron chi connectivity index (χ4n) is 2.97. The third-order valence-corrected chi connectivity index (χ3v) is 4.66. The minimum Gasteiger partial charge on any atom is -0.458 e. The molecule has 0 saturated heterocycles. The van der Waals surface area contributed by atoms with Crippen LogP contribution >= 0.6 is 0 Å². The molecule has 0 atom stereocenters. The van der Waals surface area contributed by atoms with Crippen LogP contribution in [0.5, 0.6) is 11.5 Å². The number of benzene rings is 3. The van der Waals surface area contributed by atoms with E-state index in [1.165, 1.54) is 0 Å². The minimum atomic E-state index is 0. The standard InChI is InChI=1S/C25H23O2.C5H9O2.Os/c1-18(2)24-15-14-23(16-25(24)19(3)4)27-17-26-22-12-10-21(11-13-22)20-8-6-5-7-9-20;1-5(2)4-7-6-3;/h6-16H,1,3,17H2,2,4H3;1,3-4H2,2H3;/q2*-1;+2. The molecule has 0 fully saturated rings. The van der Waals surface area contributed by atoms with Gasteiger partial charge in [0.25, 0.3) is 0 Å². The maximum Gasteiger partial charge on any atom is 2.00 e. The molecule has 0 amide bonds. The zero-order valence-corrected chi connectivity index (χ0v) is 23.1. The van der Waals surface area contributed by atoms with Gasteiger partial charge in [-0.05, 0) is 61.7 Å². The second kappa shape index (κ2) is 15.8. The first kappa shape index (κ1) is 30.1. The van der Waals surface area contributed by atoms with Gasteiger partial charge in [-0.1, -0.05) is 54.7 Å². The number of ether oxygens (including phenoxy) is 2. The van der Waals surface area contributed by atoms with Crippen LogP contribution in [0.15, 0.2) is 92.0 Å². The fourth-order valence-corrected chi connectivity index (χ4v) is 2.97. The van der Waals surface area contributed by atoms with E-state index in [1.54, 1.807) is 0 Å². The Kier molecular flexibility index (Phi) is 13.6. The molecule has 0 aliphatic rings. The molecule has 4 nitrogen and oxygen atoms in total. The predicted octanol–water partition coefficient (Wildman–Crippen LogP) is 7.94. The summed E-state index contributed by atoms with van der Waals surface area (Å²) in [6.45, 7) is 18.0. The summed E-state index contributed by atoms with van der Waals surface area (Å²) in [4.78, 5) is 8.43. The van der Waals surface area contributed by atoms with Crippen molar-refractivity contribution < 1.29 is 39.0 Å². The Hall–Kier alpha value is -2.96. The van der Waals surface area contributed by atoms with Crippen LogP contribution in [-0.4, -0.2) is 13.4 Å². The van der Waals surface area contributed by atoms with Crippen LogP contribution in [0.3, 0.4) is 0 Å². The molecule has 184 valence electrons. The Labute approximate surface area is 222 Å². The summed E-state index contributed by atoms with van der Waals surface area (Å²) in [6.07, 6.45) is 0. The van der Waals surface area contributed by atoms with Gasteiger partial charge in [-0.15, -0.1) is 5.56 Å². The van der Waals surface area contributed by atoms with E-state index in [4.69, 9.17) is 9.47 Å². The fraction of sp³-hybridized carbons (Fsp3) is 0.167. The van der Waals surface area contributed by atoms with Gasteiger partial charge in [0.05, 0.1) is 6.61 Å². The van der Waals surface area contributed by atoms with Gasteiger partial charge in [-0.2, -0.15) is 37.4 Å². The second-order valence-electron chi connectivity index (χ2n) is 7.82. The van der Waals surface area contributed by atoms with E-state index < -0.39 is 0 Å². The molecule has 0 aliphatic carbocycles. The predicted molar refractivity (Wildman–Crippen MR) is 140 cm³/mol. The Balaban J connectivity index is 0.000000672. The van der Waals surface area contributed by atoms with Crippen molar-refractivity contribution in [1.29, 1.82) is 0 Å². The van der Waals surface area contributed by atoms with Gasteiger partial charge in [-0.25, -0.2) is 0 Å². The molecule has 0 spiro atoms. The maximum absolute atomic E-state index is 5.75. The molecule has 3 rings (SSSR count). The SMILES string of the molecule is C=C(C)COO[CH2-].C=C(C)c1ccc(OCOc2ccc(-c3cc[c-]cc3)cc2)cc1C(=C)C.[Os+2]. The van der Waals surface area contributed by atoms with Crippen molar-refractivity contribution in [2.45, 2.75) is 20.8 Å². The quantitative estimate of drug-likeness (QED) is 0.0737. The molecule has 5 heteroatoms. The van der Waals surface area contributed by atoms with E-state index in [0.717, 1.165) is 50.5 Å². The summed E-state index contributed by atoms with van der Waals surface area (Å²) in [5, 5.41) is 0. The van der Waals surface area contributed by atoms with Crippen LogP contribution in [-0.2, 0) is 29.6 Å². The molecule has 0 saturated carbocycles. The first-order valence-corrected chi connectivity index (χ1v) is 10.8. The Morgan fingerprint density at radius 1 is 0.771 bits per heavy atom. The zero-order valence-electron chi connectivity index (χ0n) is 20.6. The Morgan fingerprint density at radius 2 is 1.31 bits per heavy atom. The average molecular weight is 647 g/mol. The van der Waals surface area contributed by atoms with Crippen molar-refractivity contribution in [2.24, 2.45) is 0 Å². The number of hydrogen-bond donors (Lipinski definition) is 0. The summed E-state index contributed by atoms with van der Waals surface area (Å²) < 4.78 is 11.5. The van der Waals surface area contributed by atoms with E-state index in [9.17, 15) is 0 Å². The third kappa shape index (κ3) is 10.5. The largest absolute Gasteiger partial charge is 2.00 e. The molecule has 0 heterocycles. The molecule has 35 heavy (non-hydrogen) atoms. The number of rotatable bonds is 10. The molecule has 3 aromatic rings. The van der Waals surface area contributed by atoms with E-state index in [2.05, 4.69) is 42.7 Å². The van der Waals surface area contributed by atoms with E-state index in [0.29, 0.717) is 6.61 Å². The molecule has 3 aromatic carbocycles. The maximum atomic E-state index is 5.75. The topological polar surface area (TPSA) is 36.9 Å². The molecule has 0 aliphatic heterocycles.